The van der Waals surface area contributed by atoms with Gasteiger partial charge in [0.05, 0.1) is 0 Å². The predicted octanol–water partition coefficient (Wildman–Crippen LogP) is 14.0. The number of hydrogen-bond donors (Lipinski definition) is 2. The Kier molecular flexibility index (Phi) is 31.4. The van der Waals surface area contributed by atoms with E-state index < -0.39 is 0 Å². The summed E-state index contributed by atoms with van der Waals surface area (Å²) in [5.41, 5.74) is 10.1. The highest BCUT2D eigenvalue weighted by molar-refractivity contribution is 5.75. The lowest BCUT2D eigenvalue weighted by Gasteiger charge is -2.08. The zero-order chi connectivity index (χ0) is 37.0. The van der Waals surface area contributed by atoms with Gasteiger partial charge in [0.1, 0.15) is 0 Å². The minimum Gasteiger partial charge on any atom is -0.370 e. The number of unbranched alkanes of at least 4 members (excludes halogenated alkanes) is 24. The van der Waals surface area contributed by atoms with Crippen LogP contribution in [0.5, 0.6) is 0 Å². The number of carbonyl (C=O) groups excluding carboxylic acids is 2. The van der Waals surface area contributed by atoms with Crippen LogP contribution in [0.25, 0.3) is 11.1 Å². The molecule has 0 aliphatic rings. The zero-order valence-corrected chi connectivity index (χ0v) is 33.7. The number of carbonyl (C=O) groups is 2. The molecule has 0 aromatic heterocycles. The van der Waals surface area contributed by atoms with Crippen LogP contribution < -0.4 is 11.1 Å². The molecule has 0 saturated carbocycles. The van der Waals surface area contributed by atoms with Crippen LogP contribution in [-0.2, 0) is 22.6 Å². The molecule has 0 fully saturated rings. The third kappa shape index (κ3) is 28.6. The number of amides is 2. The summed E-state index contributed by atoms with van der Waals surface area (Å²) >= 11 is 0. The lowest BCUT2D eigenvalue weighted by molar-refractivity contribution is -0.121. The topological polar surface area (TPSA) is 72.2 Å². The number of aryl methyl sites for hydroxylation is 1. The first-order valence-corrected chi connectivity index (χ1v) is 21.7. The largest absolute Gasteiger partial charge is 0.370 e. The highest BCUT2D eigenvalue weighted by atomic mass is 16.1. The summed E-state index contributed by atoms with van der Waals surface area (Å²) < 4.78 is 0. The summed E-state index contributed by atoms with van der Waals surface area (Å²) in [6, 6.07) is 17.3. The molecule has 0 aliphatic carbocycles. The molecule has 2 aromatic carbocycles. The van der Waals surface area contributed by atoms with Crippen molar-refractivity contribution in [2.45, 2.75) is 214 Å². The smallest absolute Gasteiger partial charge is 0.220 e. The van der Waals surface area contributed by atoms with E-state index in [0.29, 0.717) is 19.4 Å². The summed E-state index contributed by atoms with van der Waals surface area (Å²) in [4.78, 5) is 22.7. The molecule has 0 saturated heterocycles. The van der Waals surface area contributed by atoms with Crippen molar-refractivity contribution in [2.24, 2.45) is 5.73 Å². The minimum atomic E-state index is -0.155. The second kappa shape index (κ2) is 34.5. The first-order valence-electron chi connectivity index (χ1n) is 21.7. The maximum Gasteiger partial charge on any atom is 0.220 e. The lowest BCUT2D eigenvalue weighted by atomic mass is 10.0. The molecule has 0 heterocycles. The van der Waals surface area contributed by atoms with Crippen molar-refractivity contribution in [2.75, 3.05) is 0 Å². The van der Waals surface area contributed by atoms with E-state index in [1.165, 1.54) is 171 Å². The molecular formula is C47H80N2O2. The molecule has 0 atom stereocenters. The van der Waals surface area contributed by atoms with Gasteiger partial charge in [0.15, 0.2) is 0 Å². The van der Waals surface area contributed by atoms with E-state index in [2.05, 4.69) is 74.6 Å². The molecule has 0 spiro atoms. The van der Waals surface area contributed by atoms with Crippen LogP contribution in [-0.4, -0.2) is 11.8 Å². The third-order valence-electron chi connectivity index (χ3n) is 10.1. The summed E-state index contributed by atoms with van der Waals surface area (Å²) in [7, 11) is 0. The zero-order valence-electron chi connectivity index (χ0n) is 33.7. The van der Waals surface area contributed by atoms with Gasteiger partial charge in [-0.1, -0.05) is 223 Å². The van der Waals surface area contributed by atoms with Crippen LogP contribution in [0.2, 0.25) is 0 Å². The molecule has 0 radical (unpaired) electrons. The molecule has 2 rings (SSSR count). The fourth-order valence-electron chi connectivity index (χ4n) is 6.70. The molecule has 0 unspecified atom stereocenters. The molecule has 3 N–H and O–H groups in total. The average Bonchev–Trinajstić information content (AvgIpc) is 3.15. The molecule has 4 heteroatoms. The second-order valence-corrected chi connectivity index (χ2v) is 15.0. The van der Waals surface area contributed by atoms with Gasteiger partial charge in [0.25, 0.3) is 0 Å². The Hall–Kier alpha value is -2.62. The summed E-state index contributed by atoms with van der Waals surface area (Å²) in [5, 5.41) is 3.08. The van der Waals surface area contributed by atoms with Crippen molar-refractivity contribution in [1.29, 1.82) is 0 Å². The normalized spacial score (nSPS) is 10.9. The van der Waals surface area contributed by atoms with Crippen LogP contribution in [0.1, 0.15) is 212 Å². The summed E-state index contributed by atoms with van der Waals surface area (Å²) in [6.45, 7) is 7.35. The van der Waals surface area contributed by atoms with Crippen molar-refractivity contribution >= 4 is 11.8 Å². The van der Waals surface area contributed by atoms with Crippen molar-refractivity contribution < 1.29 is 9.59 Å². The number of nitrogens with two attached hydrogens (primary N) is 1. The molecule has 0 bridgehead atoms. The van der Waals surface area contributed by atoms with Gasteiger partial charge in [-0.2, -0.15) is 0 Å². The number of rotatable bonds is 32. The molecule has 0 aliphatic heterocycles. The monoisotopic (exact) mass is 705 g/mol. The summed E-state index contributed by atoms with van der Waals surface area (Å²) in [5.74, 6) is 0.0240. The van der Waals surface area contributed by atoms with Crippen LogP contribution in [0.15, 0.2) is 48.5 Å². The molecular weight excluding hydrogens is 625 g/mol. The van der Waals surface area contributed by atoms with E-state index in [9.17, 15) is 9.59 Å². The fraction of sp³-hybridized carbons (Fsp3) is 0.702. The Morgan fingerprint density at radius 1 is 0.471 bits per heavy atom. The van der Waals surface area contributed by atoms with E-state index in [1.54, 1.807) is 0 Å². The number of benzene rings is 2. The standard InChI is InChI=1S/C31H47NO.C16H33NO/c1-3-5-6-7-8-9-10-11-12-13-14-15-16-20-31(33)32-26-28-21-23-29(24-22-28)30-19-17-18-27(4-2)25-30;1-2-3-4-5-6-7-8-9-10-11-12-13-14-15-16(17)18/h17-19,21-25H,3-16,20,26H2,1-2H3,(H,32,33);2-15H2,1H3,(H2,17,18). The molecule has 51 heavy (non-hydrogen) atoms. The molecule has 290 valence electrons. The first-order chi connectivity index (χ1) is 25.0. The van der Waals surface area contributed by atoms with Crippen molar-refractivity contribution in [3.8, 4) is 11.1 Å². The number of nitrogens with one attached hydrogen (secondary N) is 1. The van der Waals surface area contributed by atoms with E-state index in [4.69, 9.17) is 5.73 Å². The van der Waals surface area contributed by atoms with Gasteiger partial charge in [-0.15, -0.1) is 0 Å². The number of hydrogen-bond acceptors (Lipinski definition) is 2. The van der Waals surface area contributed by atoms with Crippen molar-refractivity contribution in [3.05, 3.63) is 59.7 Å². The molecule has 4 nitrogen and oxygen atoms in total. The van der Waals surface area contributed by atoms with Gasteiger partial charge in [-0.05, 0) is 41.5 Å². The highest BCUT2D eigenvalue weighted by Crippen LogP contribution is 2.21. The summed E-state index contributed by atoms with van der Waals surface area (Å²) in [6.07, 6.45) is 37.0. The minimum absolute atomic E-state index is 0.155. The quantitative estimate of drug-likeness (QED) is 0.0744. The van der Waals surface area contributed by atoms with Gasteiger partial charge in [-0.25, -0.2) is 0 Å². The SMILES string of the molecule is CCCCCCCCCCCCCCCC(=O)NCc1ccc(-c2cccc(CC)c2)cc1.CCCCCCCCCCCCCCCC(N)=O. The van der Waals surface area contributed by atoms with Gasteiger partial charge < -0.3 is 11.1 Å². The molecule has 2 aromatic rings. The van der Waals surface area contributed by atoms with Crippen LogP contribution in [0, 0.1) is 0 Å². The first kappa shape index (κ1) is 46.4. The highest BCUT2D eigenvalue weighted by Gasteiger charge is 2.04. The van der Waals surface area contributed by atoms with E-state index in [-0.39, 0.29) is 11.8 Å². The van der Waals surface area contributed by atoms with Crippen LogP contribution in [0.3, 0.4) is 0 Å². The van der Waals surface area contributed by atoms with E-state index in [0.717, 1.165) is 24.8 Å². The van der Waals surface area contributed by atoms with Crippen molar-refractivity contribution in [1.82, 2.24) is 5.32 Å². The maximum absolute atomic E-state index is 12.2. The van der Waals surface area contributed by atoms with Gasteiger partial charge in [-0.3, -0.25) is 9.59 Å². The Bertz CT molecular complexity index is 1080. The van der Waals surface area contributed by atoms with E-state index in [1.807, 2.05) is 0 Å². The number of primary amides is 1. The Morgan fingerprint density at radius 3 is 1.29 bits per heavy atom. The van der Waals surface area contributed by atoms with E-state index >= 15 is 0 Å². The van der Waals surface area contributed by atoms with Crippen LogP contribution >= 0.6 is 0 Å². The molecule has 2 amide bonds. The van der Waals surface area contributed by atoms with Crippen LogP contribution in [0.4, 0.5) is 0 Å². The average molecular weight is 705 g/mol. The third-order valence-corrected chi connectivity index (χ3v) is 10.1. The van der Waals surface area contributed by atoms with Gasteiger partial charge in [0, 0.05) is 19.4 Å². The Morgan fingerprint density at radius 2 is 0.882 bits per heavy atom. The van der Waals surface area contributed by atoms with Gasteiger partial charge in [0.2, 0.25) is 11.8 Å². The maximum atomic E-state index is 12.2. The predicted molar refractivity (Wildman–Crippen MR) is 223 cm³/mol. The second-order valence-electron chi connectivity index (χ2n) is 15.0. The Labute approximate surface area is 315 Å². The Balaban J connectivity index is 0.000000613. The van der Waals surface area contributed by atoms with Crippen molar-refractivity contribution in [3.63, 3.8) is 0 Å². The van der Waals surface area contributed by atoms with Gasteiger partial charge >= 0.3 is 0 Å². The lowest BCUT2D eigenvalue weighted by Crippen LogP contribution is -2.22. The fourth-order valence-corrected chi connectivity index (χ4v) is 6.70.